The van der Waals surface area contributed by atoms with E-state index in [1.165, 1.54) is 0 Å². The molecule has 0 aromatic heterocycles. The van der Waals surface area contributed by atoms with Crippen LogP contribution in [0, 0.1) is 16.7 Å². The molecule has 1 rings (SSSR count). The first-order valence-corrected chi connectivity index (χ1v) is 8.83. The summed E-state index contributed by atoms with van der Waals surface area (Å²) in [5, 5.41) is 9.02. The van der Waals surface area contributed by atoms with Crippen LogP contribution in [0.5, 0.6) is 0 Å². The van der Waals surface area contributed by atoms with Crippen molar-refractivity contribution in [3.63, 3.8) is 0 Å². The van der Waals surface area contributed by atoms with E-state index in [4.69, 9.17) is 5.26 Å². The van der Waals surface area contributed by atoms with Gasteiger partial charge < -0.3 is 0 Å². The molecule has 0 aliphatic rings. The topological polar surface area (TPSA) is 53.2 Å². The molecule has 0 saturated heterocycles. The summed E-state index contributed by atoms with van der Waals surface area (Å²) in [5.41, 5.74) is 4.78. The van der Waals surface area contributed by atoms with Crippen molar-refractivity contribution in [2.75, 3.05) is 7.05 Å². The maximum Gasteiger partial charge on any atom is 0.135 e. The van der Waals surface area contributed by atoms with Gasteiger partial charge in [-0.3, -0.25) is 9.79 Å². The van der Waals surface area contributed by atoms with Gasteiger partial charge in [0.05, 0.1) is 11.6 Å². The molecule has 0 bridgehead atoms. The molecule has 3 nitrogen and oxygen atoms in total. The highest BCUT2D eigenvalue weighted by Crippen LogP contribution is 2.30. The van der Waals surface area contributed by atoms with Gasteiger partial charge in [0.15, 0.2) is 0 Å². The van der Waals surface area contributed by atoms with Crippen LogP contribution in [0.4, 0.5) is 0 Å². The van der Waals surface area contributed by atoms with E-state index in [0.29, 0.717) is 12.0 Å². The van der Waals surface area contributed by atoms with Gasteiger partial charge in [0.2, 0.25) is 0 Å². The molecule has 0 saturated carbocycles. The molecule has 1 aromatic rings. The number of rotatable bonds is 8. The fraction of sp³-hybridized carbons (Fsp3) is 0.292. The molecule has 0 N–H and O–H groups in total. The van der Waals surface area contributed by atoms with Crippen molar-refractivity contribution in [3.8, 4) is 6.07 Å². The monoisotopic (exact) mass is 360 g/mol. The minimum Gasteiger partial charge on any atom is -0.299 e. The Balaban J connectivity index is 3.58. The molecule has 0 heterocycles. The molecule has 140 valence electrons. The Morgan fingerprint density at radius 2 is 1.85 bits per heavy atom. The number of hydrogen-bond donors (Lipinski definition) is 0. The van der Waals surface area contributed by atoms with Crippen LogP contribution in [0.15, 0.2) is 71.3 Å². The van der Waals surface area contributed by atoms with Crippen LogP contribution in [0.25, 0.3) is 5.57 Å². The number of ketones is 1. The van der Waals surface area contributed by atoms with E-state index in [1.54, 1.807) is 38.4 Å². The summed E-state index contributed by atoms with van der Waals surface area (Å²) in [7, 11) is 1.72. The smallest absolute Gasteiger partial charge is 0.135 e. The number of hydrogen-bond acceptors (Lipinski definition) is 3. The van der Waals surface area contributed by atoms with Crippen molar-refractivity contribution in [2.24, 2.45) is 10.4 Å². The first-order valence-electron chi connectivity index (χ1n) is 8.83. The second-order valence-corrected chi connectivity index (χ2v) is 7.22. The second-order valence-electron chi connectivity index (χ2n) is 7.22. The molecule has 0 amide bonds. The van der Waals surface area contributed by atoms with Crippen LogP contribution in [-0.2, 0) is 4.79 Å². The summed E-state index contributed by atoms with van der Waals surface area (Å²) >= 11 is 0. The molecule has 0 unspecified atom stereocenters. The normalized spacial score (nSPS) is 13.1. The van der Waals surface area contributed by atoms with Crippen molar-refractivity contribution in [2.45, 2.75) is 34.1 Å². The molecule has 0 radical (unpaired) electrons. The largest absolute Gasteiger partial charge is 0.299 e. The number of carbonyl (C=O) groups excluding carboxylic acids is 1. The first kappa shape index (κ1) is 22.1. The molecular weight excluding hydrogens is 332 g/mol. The predicted octanol–water partition coefficient (Wildman–Crippen LogP) is 5.71. The Morgan fingerprint density at radius 1 is 1.26 bits per heavy atom. The van der Waals surface area contributed by atoms with E-state index in [1.807, 2.05) is 39.0 Å². The third-order valence-corrected chi connectivity index (χ3v) is 4.52. The van der Waals surface area contributed by atoms with Crippen LogP contribution < -0.4 is 0 Å². The summed E-state index contributed by atoms with van der Waals surface area (Å²) in [6.45, 7) is 15.5. The molecule has 1 aromatic carbocycles. The highest BCUT2D eigenvalue weighted by atomic mass is 16.1. The van der Waals surface area contributed by atoms with Gasteiger partial charge in [-0.15, -0.1) is 0 Å². The van der Waals surface area contributed by atoms with Gasteiger partial charge in [-0.25, -0.2) is 0 Å². The molecule has 0 spiro atoms. The van der Waals surface area contributed by atoms with Gasteiger partial charge in [0.1, 0.15) is 5.78 Å². The average Bonchev–Trinajstić information content (AvgIpc) is 2.63. The number of nitrogens with zero attached hydrogens (tertiary/aromatic N) is 2. The zero-order valence-electron chi connectivity index (χ0n) is 17.0. The third kappa shape index (κ3) is 6.04. The Bertz CT molecular complexity index is 857. The van der Waals surface area contributed by atoms with Crippen LogP contribution in [0.3, 0.4) is 0 Å². The SMILES string of the molecule is C=C/C(=C\C(C(=C)C)=C(\C=NC)c1ccc(C#N)cc1)CC(C)(C)C(C)=O. The summed E-state index contributed by atoms with van der Waals surface area (Å²) in [5.74, 6) is 0.138. The highest BCUT2D eigenvalue weighted by Gasteiger charge is 2.24. The van der Waals surface area contributed by atoms with Crippen molar-refractivity contribution in [3.05, 3.63) is 77.4 Å². The quantitative estimate of drug-likeness (QED) is 0.440. The van der Waals surface area contributed by atoms with Crippen LogP contribution in [0.1, 0.15) is 45.2 Å². The van der Waals surface area contributed by atoms with Gasteiger partial charge in [-0.05, 0) is 49.1 Å². The van der Waals surface area contributed by atoms with Gasteiger partial charge in [-0.2, -0.15) is 5.26 Å². The fourth-order valence-corrected chi connectivity index (χ4v) is 2.59. The number of benzene rings is 1. The number of Topliss-reactive ketones (excluding diaryl/α,β-unsaturated/α-hetero) is 1. The zero-order chi connectivity index (χ0) is 20.6. The Morgan fingerprint density at radius 3 is 2.26 bits per heavy atom. The summed E-state index contributed by atoms with van der Waals surface area (Å²) in [4.78, 5) is 16.1. The second kappa shape index (κ2) is 9.64. The van der Waals surface area contributed by atoms with Gasteiger partial charge >= 0.3 is 0 Å². The van der Waals surface area contributed by atoms with Gasteiger partial charge in [-0.1, -0.05) is 56.9 Å². The predicted molar refractivity (Wildman–Crippen MR) is 115 cm³/mol. The van der Waals surface area contributed by atoms with E-state index >= 15 is 0 Å². The van der Waals surface area contributed by atoms with Crippen LogP contribution in [0.2, 0.25) is 0 Å². The Hall–Kier alpha value is -2.99. The highest BCUT2D eigenvalue weighted by molar-refractivity contribution is 6.12. The van der Waals surface area contributed by atoms with E-state index in [0.717, 1.165) is 27.9 Å². The van der Waals surface area contributed by atoms with Gasteiger partial charge in [0, 0.05) is 24.3 Å². The van der Waals surface area contributed by atoms with E-state index < -0.39 is 5.41 Å². The number of aliphatic imine (C=N–C) groups is 1. The van der Waals surface area contributed by atoms with Crippen LogP contribution >= 0.6 is 0 Å². The van der Waals surface area contributed by atoms with Crippen LogP contribution in [-0.4, -0.2) is 19.0 Å². The first-order chi connectivity index (χ1) is 12.7. The molecule has 0 fully saturated rings. The zero-order valence-corrected chi connectivity index (χ0v) is 17.0. The Labute approximate surface area is 163 Å². The number of carbonyl (C=O) groups is 1. The average molecular weight is 361 g/mol. The third-order valence-electron chi connectivity index (χ3n) is 4.52. The minimum atomic E-state index is -0.465. The lowest BCUT2D eigenvalue weighted by molar-refractivity contribution is -0.124. The fourth-order valence-electron chi connectivity index (χ4n) is 2.59. The molecule has 3 heteroatoms. The number of allylic oxidation sites excluding steroid dienone is 6. The van der Waals surface area contributed by atoms with E-state index in [-0.39, 0.29) is 5.78 Å². The lowest BCUT2D eigenvalue weighted by atomic mass is 9.81. The lowest BCUT2D eigenvalue weighted by Gasteiger charge is -2.22. The lowest BCUT2D eigenvalue weighted by Crippen LogP contribution is -2.21. The summed E-state index contributed by atoms with van der Waals surface area (Å²) in [6.07, 6.45) is 6.19. The minimum absolute atomic E-state index is 0.138. The molecular formula is C24H28N2O. The maximum atomic E-state index is 11.9. The van der Waals surface area contributed by atoms with E-state index in [9.17, 15) is 4.79 Å². The van der Waals surface area contributed by atoms with Crippen molar-refractivity contribution in [1.29, 1.82) is 5.26 Å². The molecule has 27 heavy (non-hydrogen) atoms. The summed E-state index contributed by atoms with van der Waals surface area (Å²) < 4.78 is 0. The van der Waals surface area contributed by atoms with Crippen molar-refractivity contribution in [1.82, 2.24) is 0 Å². The number of nitriles is 1. The van der Waals surface area contributed by atoms with Crippen molar-refractivity contribution < 1.29 is 4.79 Å². The van der Waals surface area contributed by atoms with Gasteiger partial charge in [0.25, 0.3) is 0 Å². The van der Waals surface area contributed by atoms with E-state index in [2.05, 4.69) is 24.2 Å². The van der Waals surface area contributed by atoms with Crippen molar-refractivity contribution >= 4 is 17.6 Å². The molecule has 0 atom stereocenters. The molecule has 0 aliphatic carbocycles. The Kier molecular flexibility index (Phi) is 7.87. The maximum absolute atomic E-state index is 11.9. The molecule has 0 aliphatic heterocycles. The standard InChI is InChI=1S/C24H28N2O/c1-8-19(14-24(5,6)18(4)27)13-22(17(2)3)23(16-26-7)21-11-9-20(15-25)10-12-21/h8-13,16H,1-2,14H2,3-7H3/b19-13+,23-22+,26-16?. The summed E-state index contributed by atoms with van der Waals surface area (Å²) in [6, 6.07) is 9.50.